The summed E-state index contributed by atoms with van der Waals surface area (Å²) in [5, 5.41) is 20.8. The molecule has 1 fully saturated rings. The molecule has 0 radical (unpaired) electrons. The van der Waals surface area contributed by atoms with Crippen molar-refractivity contribution in [2.45, 2.75) is 45.1 Å². The van der Waals surface area contributed by atoms with Gasteiger partial charge >= 0.3 is 0 Å². The van der Waals surface area contributed by atoms with Crippen LogP contribution in [0.25, 0.3) is 0 Å². The van der Waals surface area contributed by atoms with Gasteiger partial charge in [0.05, 0.1) is 11.3 Å². The molecule has 1 N–H and O–H groups in total. The summed E-state index contributed by atoms with van der Waals surface area (Å²) in [4.78, 5) is 17.1. The van der Waals surface area contributed by atoms with Crippen molar-refractivity contribution in [2.24, 2.45) is 4.99 Å². The molecule has 26 heavy (non-hydrogen) atoms. The van der Waals surface area contributed by atoms with Gasteiger partial charge in [0, 0.05) is 17.3 Å². The lowest BCUT2D eigenvalue weighted by atomic mass is 9.94. The van der Waals surface area contributed by atoms with Gasteiger partial charge in [-0.3, -0.25) is 14.4 Å². The summed E-state index contributed by atoms with van der Waals surface area (Å²) < 4.78 is 1.38. The molecule has 1 aliphatic carbocycles. The molecule has 2 aromatic rings. The summed E-state index contributed by atoms with van der Waals surface area (Å²) in [6.07, 6.45) is 6.30. The summed E-state index contributed by atoms with van der Waals surface area (Å²) in [5.74, 6) is -0.121. The lowest BCUT2D eigenvalue weighted by Gasteiger charge is -2.26. The van der Waals surface area contributed by atoms with Crippen LogP contribution < -0.4 is 5.56 Å². The standard InChI is InChI=1S/C20H20ClN3O2/c1-13-17(11-22)19(25)24(16-8-3-2-4-9-16)20(26)18(13)12-23-15-7-5-6-14(21)10-15/h5-7,10,12,16,26H,2-4,8-9H2,1H3. The molecule has 0 spiro atoms. The number of hydrogen-bond acceptors (Lipinski definition) is 4. The maximum atomic E-state index is 12.7. The highest BCUT2D eigenvalue weighted by molar-refractivity contribution is 6.30. The molecular weight excluding hydrogens is 350 g/mol. The molecule has 6 heteroatoms. The molecule has 1 aromatic carbocycles. The van der Waals surface area contributed by atoms with Gasteiger partial charge in [-0.1, -0.05) is 36.9 Å². The van der Waals surface area contributed by atoms with Gasteiger partial charge in [-0.25, -0.2) is 0 Å². The summed E-state index contributed by atoms with van der Waals surface area (Å²) in [6, 6.07) is 8.93. The van der Waals surface area contributed by atoms with Crippen molar-refractivity contribution in [1.82, 2.24) is 4.57 Å². The zero-order valence-electron chi connectivity index (χ0n) is 14.6. The van der Waals surface area contributed by atoms with Crippen molar-refractivity contribution in [2.75, 3.05) is 0 Å². The summed E-state index contributed by atoms with van der Waals surface area (Å²) >= 11 is 5.97. The van der Waals surface area contributed by atoms with Crippen LogP contribution in [0.3, 0.4) is 0 Å². The Morgan fingerprint density at radius 3 is 2.73 bits per heavy atom. The third-order valence-electron chi connectivity index (χ3n) is 4.88. The predicted octanol–water partition coefficient (Wildman–Crippen LogP) is 4.64. The lowest BCUT2D eigenvalue weighted by Crippen LogP contribution is -2.30. The Labute approximate surface area is 157 Å². The molecule has 3 rings (SSSR count). The van der Waals surface area contributed by atoms with Gasteiger partial charge in [0.25, 0.3) is 5.56 Å². The van der Waals surface area contributed by atoms with Crippen molar-refractivity contribution in [3.8, 4) is 11.9 Å². The van der Waals surface area contributed by atoms with Gasteiger partial charge in [0.2, 0.25) is 5.88 Å². The van der Waals surface area contributed by atoms with E-state index in [2.05, 4.69) is 4.99 Å². The van der Waals surface area contributed by atoms with E-state index >= 15 is 0 Å². The second-order valence-corrected chi connectivity index (χ2v) is 6.99. The molecule has 0 unspecified atom stereocenters. The van der Waals surface area contributed by atoms with E-state index < -0.39 is 5.56 Å². The van der Waals surface area contributed by atoms with Gasteiger partial charge in [0.1, 0.15) is 11.6 Å². The van der Waals surface area contributed by atoms with Crippen LogP contribution in [0.2, 0.25) is 5.02 Å². The first-order valence-electron chi connectivity index (χ1n) is 8.70. The number of pyridine rings is 1. The molecule has 1 saturated carbocycles. The largest absolute Gasteiger partial charge is 0.494 e. The smallest absolute Gasteiger partial charge is 0.271 e. The molecule has 134 valence electrons. The normalized spacial score (nSPS) is 15.3. The minimum atomic E-state index is -0.422. The molecule has 0 aliphatic heterocycles. The van der Waals surface area contributed by atoms with Crippen LogP contribution in [0.4, 0.5) is 5.69 Å². The Morgan fingerprint density at radius 2 is 2.08 bits per heavy atom. The number of halogens is 1. The minimum absolute atomic E-state index is 0.0564. The van der Waals surface area contributed by atoms with Crippen molar-refractivity contribution in [3.63, 3.8) is 0 Å². The van der Waals surface area contributed by atoms with E-state index in [1.807, 2.05) is 6.07 Å². The minimum Gasteiger partial charge on any atom is -0.494 e. The summed E-state index contributed by atoms with van der Waals surface area (Å²) in [5.41, 5.74) is 1.10. The topological polar surface area (TPSA) is 78.4 Å². The average Bonchev–Trinajstić information content (AvgIpc) is 2.63. The second-order valence-electron chi connectivity index (χ2n) is 6.55. The zero-order chi connectivity index (χ0) is 18.7. The molecule has 1 aromatic heterocycles. The highest BCUT2D eigenvalue weighted by atomic mass is 35.5. The quantitative estimate of drug-likeness (QED) is 0.800. The Balaban J connectivity index is 2.12. The van der Waals surface area contributed by atoms with Gasteiger partial charge in [-0.05, 0) is 43.5 Å². The molecule has 0 atom stereocenters. The fraction of sp³-hybridized carbons (Fsp3) is 0.350. The molecular formula is C20H20ClN3O2. The van der Waals surface area contributed by atoms with Crippen molar-refractivity contribution < 1.29 is 5.11 Å². The maximum Gasteiger partial charge on any atom is 0.271 e. The van der Waals surface area contributed by atoms with Crippen LogP contribution in [0, 0.1) is 18.3 Å². The number of benzene rings is 1. The first-order chi connectivity index (χ1) is 12.5. The van der Waals surface area contributed by atoms with Crippen molar-refractivity contribution >= 4 is 23.5 Å². The average molecular weight is 370 g/mol. The Bertz CT molecular complexity index is 951. The zero-order valence-corrected chi connectivity index (χ0v) is 15.3. The Hall–Kier alpha value is -2.58. The number of aromatic hydroxyl groups is 1. The molecule has 0 amide bonds. The van der Waals surface area contributed by atoms with E-state index in [0.29, 0.717) is 21.8 Å². The van der Waals surface area contributed by atoms with Crippen LogP contribution in [0.15, 0.2) is 34.1 Å². The third-order valence-corrected chi connectivity index (χ3v) is 5.12. The van der Waals surface area contributed by atoms with Crippen LogP contribution in [0.5, 0.6) is 5.88 Å². The predicted molar refractivity (Wildman–Crippen MR) is 103 cm³/mol. The van der Waals surface area contributed by atoms with Crippen LogP contribution >= 0.6 is 11.6 Å². The van der Waals surface area contributed by atoms with Gasteiger partial charge in [-0.15, -0.1) is 0 Å². The first-order valence-corrected chi connectivity index (χ1v) is 9.08. The third kappa shape index (κ3) is 3.51. The molecule has 1 heterocycles. The maximum absolute atomic E-state index is 12.7. The van der Waals surface area contributed by atoms with Crippen molar-refractivity contribution in [3.05, 3.63) is 56.3 Å². The fourth-order valence-electron chi connectivity index (χ4n) is 3.47. The summed E-state index contributed by atoms with van der Waals surface area (Å²) in [6.45, 7) is 1.66. The van der Waals surface area contributed by atoms with E-state index in [4.69, 9.17) is 11.6 Å². The van der Waals surface area contributed by atoms with E-state index in [0.717, 1.165) is 32.1 Å². The monoisotopic (exact) mass is 369 g/mol. The molecule has 0 saturated heterocycles. The van der Waals surface area contributed by atoms with Gasteiger partial charge in [-0.2, -0.15) is 5.26 Å². The van der Waals surface area contributed by atoms with Crippen molar-refractivity contribution in [1.29, 1.82) is 5.26 Å². The highest BCUT2D eigenvalue weighted by Crippen LogP contribution is 2.32. The molecule has 5 nitrogen and oxygen atoms in total. The highest BCUT2D eigenvalue weighted by Gasteiger charge is 2.24. The number of hydrogen-bond donors (Lipinski definition) is 1. The number of aliphatic imine (C=N–C) groups is 1. The first kappa shape index (κ1) is 18.2. The molecule has 0 bridgehead atoms. The SMILES string of the molecule is Cc1c(C=Nc2cccc(Cl)c2)c(O)n(C2CCCCC2)c(=O)c1C#N. The summed E-state index contributed by atoms with van der Waals surface area (Å²) in [7, 11) is 0. The number of nitriles is 1. The van der Waals surface area contributed by atoms with E-state index in [-0.39, 0.29) is 17.5 Å². The van der Waals surface area contributed by atoms with Crippen LogP contribution in [-0.2, 0) is 0 Å². The van der Waals surface area contributed by atoms with Gasteiger partial charge < -0.3 is 5.11 Å². The van der Waals surface area contributed by atoms with E-state index in [1.54, 1.807) is 31.2 Å². The lowest BCUT2D eigenvalue weighted by molar-refractivity contribution is 0.303. The number of nitrogens with zero attached hydrogens (tertiary/aromatic N) is 3. The van der Waals surface area contributed by atoms with Crippen LogP contribution in [0.1, 0.15) is 54.8 Å². The van der Waals surface area contributed by atoms with E-state index in [9.17, 15) is 15.2 Å². The number of aromatic nitrogens is 1. The second kappa shape index (κ2) is 7.76. The fourth-order valence-corrected chi connectivity index (χ4v) is 3.65. The Kier molecular flexibility index (Phi) is 5.43. The molecule has 1 aliphatic rings. The van der Waals surface area contributed by atoms with Crippen LogP contribution in [-0.4, -0.2) is 15.9 Å². The van der Waals surface area contributed by atoms with Gasteiger partial charge in [0.15, 0.2) is 0 Å². The number of rotatable bonds is 3. The van der Waals surface area contributed by atoms with E-state index in [1.165, 1.54) is 10.8 Å². The Morgan fingerprint density at radius 1 is 1.35 bits per heavy atom.